The molecule has 0 fully saturated rings. The Balaban J connectivity index is 2.56. The highest BCUT2D eigenvalue weighted by Crippen LogP contribution is 2.29. The molecule has 0 bridgehead atoms. The maximum atomic E-state index is 5.86. The van der Waals surface area contributed by atoms with Crippen molar-refractivity contribution in [1.29, 1.82) is 0 Å². The molecule has 0 aliphatic heterocycles. The number of hydrogen-bond acceptors (Lipinski definition) is 3. The van der Waals surface area contributed by atoms with Crippen molar-refractivity contribution in [2.75, 3.05) is 34.3 Å². The zero-order chi connectivity index (χ0) is 12.7. The summed E-state index contributed by atoms with van der Waals surface area (Å²) in [7, 11) is 6.09. The van der Waals surface area contributed by atoms with E-state index in [2.05, 4.69) is 46.3 Å². The predicted molar refractivity (Wildman–Crippen MR) is 75.6 cm³/mol. The molecule has 4 heteroatoms. The molecule has 0 heterocycles. The average Bonchev–Trinajstić information content (AvgIpc) is 2.27. The van der Waals surface area contributed by atoms with Gasteiger partial charge in [0.1, 0.15) is 5.75 Å². The van der Waals surface area contributed by atoms with Crippen LogP contribution < -0.4 is 10.1 Å². The third-order valence-electron chi connectivity index (χ3n) is 2.41. The summed E-state index contributed by atoms with van der Waals surface area (Å²) in [5.41, 5.74) is 1.19. The van der Waals surface area contributed by atoms with Crippen LogP contribution in [0.5, 0.6) is 5.75 Å². The van der Waals surface area contributed by atoms with E-state index < -0.39 is 0 Å². The highest BCUT2D eigenvalue weighted by molar-refractivity contribution is 9.10. The van der Waals surface area contributed by atoms with Crippen LogP contribution in [0.2, 0.25) is 0 Å². The molecule has 17 heavy (non-hydrogen) atoms. The number of benzene rings is 1. The number of para-hydroxylation sites is 1. The Morgan fingerprint density at radius 1 is 1.35 bits per heavy atom. The lowest BCUT2D eigenvalue weighted by atomic mass is 10.2. The molecule has 0 radical (unpaired) electrons. The second-order valence-corrected chi connectivity index (χ2v) is 5.12. The van der Waals surface area contributed by atoms with Gasteiger partial charge in [-0.05, 0) is 49.6 Å². The number of rotatable bonds is 7. The van der Waals surface area contributed by atoms with Gasteiger partial charge in [-0.25, -0.2) is 0 Å². The third-order valence-corrected chi connectivity index (χ3v) is 3.04. The lowest BCUT2D eigenvalue weighted by molar-refractivity contribution is 0.278. The van der Waals surface area contributed by atoms with Crippen LogP contribution in [0.1, 0.15) is 12.0 Å². The first-order valence-corrected chi connectivity index (χ1v) is 6.64. The van der Waals surface area contributed by atoms with Crippen molar-refractivity contribution < 1.29 is 4.74 Å². The van der Waals surface area contributed by atoms with E-state index in [4.69, 9.17) is 4.74 Å². The molecular formula is C13H21BrN2O. The van der Waals surface area contributed by atoms with Crippen molar-refractivity contribution in [2.45, 2.75) is 13.0 Å². The molecule has 96 valence electrons. The Bertz CT molecular complexity index is 342. The van der Waals surface area contributed by atoms with E-state index in [9.17, 15) is 0 Å². The van der Waals surface area contributed by atoms with E-state index in [1.165, 1.54) is 5.56 Å². The Kier molecular flexibility index (Phi) is 6.55. The molecule has 0 aliphatic carbocycles. The van der Waals surface area contributed by atoms with E-state index in [1.54, 1.807) is 0 Å². The van der Waals surface area contributed by atoms with Gasteiger partial charge in [0.05, 0.1) is 11.1 Å². The Labute approximate surface area is 112 Å². The molecule has 0 atom stereocenters. The van der Waals surface area contributed by atoms with Crippen LogP contribution in [0.15, 0.2) is 22.7 Å². The fraction of sp³-hybridized carbons (Fsp3) is 0.538. The molecule has 0 amide bonds. The van der Waals surface area contributed by atoms with E-state index in [0.29, 0.717) is 0 Å². The standard InChI is InChI=1S/C13H21BrN2O/c1-15-10-11-6-4-7-12(14)13(11)17-9-5-8-16(2)3/h4,6-7,15H,5,8-10H2,1-3H3. The first kappa shape index (κ1) is 14.5. The second-order valence-electron chi connectivity index (χ2n) is 4.26. The maximum Gasteiger partial charge on any atom is 0.137 e. The van der Waals surface area contributed by atoms with Gasteiger partial charge >= 0.3 is 0 Å². The van der Waals surface area contributed by atoms with Gasteiger partial charge in [0.25, 0.3) is 0 Å². The smallest absolute Gasteiger partial charge is 0.137 e. The van der Waals surface area contributed by atoms with Crippen molar-refractivity contribution in [3.8, 4) is 5.75 Å². The molecule has 1 rings (SSSR count). The summed E-state index contributed by atoms with van der Waals surface area (Å²) in [5, 5.41) is 3.15. The normalized spacial score (nSPS) is 10.9. The van der Waals surface area contributed by atoms with Crippen LogP contribution in [0, 0.1) is 0 Å². The minimum Gasteiger partial charge on any atom is -0.492 e. The highest BCUT2D eigenvalue weighted by Gasteiger charge is 2.07. The van der Waals surface area contributed by atoms with E-state index in [-0.39, 0.29) is 0 Å². The first-order chi connectivity index (χ1) is 8.15. The molecule has 0 aliphatic rings. The summed E-state index contributed by atoms with van der Waals surface area (Å²) < 4.78 is 6.88. The summed E-state index contributed by atoms with van der Waals surface area (Å²) in [4.78, 5) is 2.16. The number of hydrogen-bond donors (Lipinski definition) is 1. The SMILES string of the molecule is CNCc1cccc(Br)c1OCCCN(C)C. The van der Waals surface area contributed by atoms with Gasteiger partial charge < -0.3 is 15.0 Å². The van der Waals surface area contributed by atoms with Crippen molar-refractivity contribution in [3.63, 3.8) is 0 Å². The molecule has 0 saturated heterocycles. The van der Waals surface area contributed by atoms with Gasteiger partial charge in [0.2, 0.25) is 0 Å². The predicted octanol–water partition coefficient (Wildman–Crippen LogP) is 2.50. The molecular weight excluding hydrogens is 280 g/mol. The molecule has 0 saturated carbocycles. The van der Waals surface area contributed by atoms with Crippen molar-refractivity contribution in [1.82, 2.24) is 10.2 Å². The van der Waals surface area contributed by atoms with Crippen LogP contribution >= 0.6 is 15.9 Å². The molecule has 0 aromatic heterocycles. The van der Waals surface area contributed by atoms with Crippen molar-refractivity contribution in [2.24, 2.45) is 0 Å². The van der Waals surface area contributed by atoms with E-state index in [0.717, 1.165) is 36.3 Å². The minimum absolute atomic E-state index is 0.748. The van der Waals surface area contributed by atoms with Gasteiger partial charge in [-0.3, -0.25) is 0 Å². The Morgan fingerprint density at radius 3 is 2.76 bits per heavy atom. The molecule has 1 aromatic carbocycles. The summed E-state index contributed by atoms with van der Waals surface area (Å²) in [6, 6.07) is 6.13. The second kappa shape index (κ2) is 7.69. The fourth-order valence-corrected chi connectivity index (χ4v) is 2.12. The molecule has 3 nitrogen and oxygen atoms in total. The molecule has 0 spiro atoms. The number of nitrogens with one attached hydrogen (secondary N) is 1. The zero-order valence-corrected chi connectivity index (χ0v) is 12.4. The summed E-state index contributed by atoms with van der Waals surface area (Å²) >= 11 is 3.53. The van der Waals surface area contributed by atoms with Crippen LogP contribution in [0.4, 0.5) is 0 Å². The lowest BCUT2D eigenvalue weighted by Crippen LogP contribution is -2.16. The van der Waals surface area contributed by atoms with E-state index in [1.807, 2.05) is 19.2 Å². The van der Waals surface area contributed by atoms with E-state index >= 15 is 0 Å². The van der Waals surface area contributed by atoms with Gasteiger partial charge in [-0.2, -0.15) is 0 Å². The highest BCUT2D eigenvalue weighted by atomic mass is 79.9. The topological polar surface area (TPSA) is 24.5 Å². The van der Waals surface area contributed by atoms with Crippen molar-refractivity contribution in [3.05, 3.63) is 28.2 Å². The Hall–Kier alpha value is -0.580. The van der Waals surface area contributed by atoms with Crippen LogP contribution in [-0.2, 0) is 6.54 Å². The fourth-order valence-electron chi connectivity index (χ4n) is 1.60. The number of ether oxygens (including phenoxy) is 1. The quantitative estimate of drug-likeness (QED) is 0.783. The zero-order valence-electron chi connectivity index (χ0n) is 10.8. The van der Waals surface area contributed by atoms with Gasteiger partial charge in [0.15, 0.2) is 0 Å². The van der Waals surface area contributed by atoms with Crippen LogP contribution in [0.25, 0.3) is 0 Å². The largest absolute Gasteiger partial charge is 0.492 e. The molecule has 1 N–H and O–H groups in total. The lowest BCUT2D eigenvalue weighted by Gasteiger charge is -2.14. The minimum atomic E-state index is 0.748. The maximum absolute atomic E-state index is 5.86. The first-order valence-electron chi connectivity index (χ1n) is 5.84. The third kappa shape index (κ3) is 5.06. The van der Waals surface area contributed by atoms with Gasteiger partial charge in [-0.15, -0.1) is 0 Å². The van der Waals surface area contributed by atoms with Crippen molar-refractivity contribution >= 4 is 15.9 Å². The van der Waals surface area contributed by atoms with Gasteiger partial charge in [0, 0.05) is 18.7 Å². The number of halogens is 1. The number of nitrogens with zero attached hydrogens (tertiary/aromatic N) is 1. The van der Waals surface area contributed by atoms with Crippen LogP contribution in [0.3, 0.4) is 0 Å². The molecule has 1 aromatic rings. The molecule has 0 unspecified atom stereocenters. The monoisotopic (exact) mass is 300 g/mol. The average molecular weight is 301 g/mol. The van der Waals surface area contributed by atoms with Gasteiger partial charge in [-0.1, -0.05) is 12.1 Å². The summed E-state index contributed by atoms with van der Waals surface area (Å²) in [6.45, 7) is 2.62. The summed E-state index contributed by atoms with van der Waals surface area (Å²) in [5.74, 6) is 0.959. The summed E-state index contributed by atoms with van der Waals surface area (Å²) in [6.07, 6.45) is 1.04. The Morgan fingerprint density at radius 2 is 2.12 bits per heavy atom. The van der Waals surface area contributed by atoms with Crippen LogP contribution in [-0.4, -0.2) is 39.2 Å².